The van der Waals surface area contributed by atoms with Crippen molar-refractivity contribution in [2.45, 2.75) is 71.7 Å². The largest absolute Gasteiger partial charge is 0.444 e. The van der Waals surface area contributed by atoms with Crippen LogP contribution in [0.15, 0.2) is 24.3 Å². The molecule has 0 radical (unpaired) electrons. The molecule has 1 amide bonds. The lowest BCUT2D eigenvalue weighted by Gasteiger charge is -2.40. The van der Waals surface area contributed by atoms with Crippen molar-refractivity contribution in [2.24, 2.45) is 0 Å². The van der Waals surface area contributed by atoms with Crippen LogP contribution in [0.25, 0.3) is 0 Å². The van der Waals surface area contributed by atoms with E-state index in [4.69, 9.17) is 10.5 Å². The molecule has 0 bridgehead atoms. The summed E-state index contributed by atoms with van der Waals surface area (Å²) in [7, 11) is 0. The minimum atomic E-state index is -0.504. The topological polar surface area (TPSA) is 58.8 Å². The number of ether oxygens (including phenoxy) is 1. The van der Waals surface area contributed by atoms with E-state index in [0.29, 0.717) is 12.6 Å². The van der Waals surface area contributed by atoms with Crippen LogP contribution in [0.5, 0.6) is 0 Å². The molecule has 1 aliphatic rings. The van der Waals surface area contributed by atoms with Gasteiger partial charge in [-0.3, -0.25) is 0 Å². The lowest BCUT2D eigenvalue weighted by Crippen LogP contribution is -2.49. The highest BCUT2D eigenvalue weighted by molar-refractivity contribution is 5.69. The number of piperidine rings is 1. The minimum absolute atomic E-state index is 0.185. The maximum atomic E-state index is 12.8. The number of likely N-dealkylation sites (tertiary alicyclic amines) is 1. The van der Waals surface area contributed by atoms with Crippen LogP contribution in [0.3, 0.4) is 0 Å². The number of rotatable bonds is 4. The van der Waals surface area contributed by atoms with E-state index in [0.717, 1.165) is 37.2 Å². The smallest absolute Gasteiger partial charge is 0.410 e. The van der Waals surface area contributed by atoms with Gasteiger partial charge >= 0.3 is 6.09 Å². The van der Waals surface area contributed by atoms with Gasteiger partial charge in [0, 0.05) is 30.9 Å². The Morgan fingerprint density at radius 1 is 1.28 bits per heavy atom. The second-order valence-corrected chi connectivity index (χ2v) is 8.17. The molecule has 1 heterocycles. The quantitative estimate of drug-likeness (QED) is 0.840. The van der Waals surface area contributed by atoms with Crippen molar-refractivity contribution >= 4 is 11.8 Å². The van der Waals surface area contributed by atoms with E-state index in [9.17, 15) is 4.79 Å². The van der Waals surface area contributed by atoms with Crippen LogP contribution in [-0.4, -0.2) is 46.7 Å². The molecule has 2 N–H and O–H groups in total. The number of nitrogens with two attached hydrogens (primary N) is 1. The zero-order chi connectivity index (χ0) is 18.6. The Bertz CT molecular complexity index is 573. The molecule has 5 heteroatoms. The molecule has 1 saturated heterocycles. The first-order valence-electron chi connectivity index (χ1n) is 9.24. The first-order chi connectivity index (χ1) is 11.7. The molecule has 1 aromatic rings. The number of hydrogen-bond acceptors (Lipinski definition) is 4. The zero-order valence-electron chi connectivity index (χ0n) is 16.3. The highest BCUT2D eigenvalue weighted by Gasteiger charge is 2.32. The summed E-state index contributed by atoms with van der Waals surface area (Å²) in [5, 5.41) is 0. The fourth-order valence-corrected chi connectivity index (χ4v) is 3.24. The predicted molar refractivity (Wildman–Crippen MR) is 102 cm³/mol. The van der Waals surface area contributed by atoms with Gasteiger partial charge in [-0.05, 0) is 59.1 Å². The van der Waals surface area contributed by atoms with E-state index < -0.39 is 5.60 Å². The normalized spacial score (nSPS) is 16.9. The fraction of sp³-hybridized carbons (Fsp3) is 0.650. The highest BCUT2D eigenvalue weighted by atomic mass is 16.6. The number of para-hydroxylation sites is 1. The van der Waals surface area contributed by atoms with Gasteiger partial charge < -0.3 is 20.3 Å². The van der Waals surface area contributed by atoms with E-state index in [-0.39, 0.29) is 12.1 Å². The third-order valence-corrected chi connectivity index (χ3v) is 4.69. The second kappa shape index (κ2) is 8.09. The molecule has 5 nitrogen and oxygen atoms in total. The Morgan fingerprint density at radius 2 is 1.88 bits per heavy atom. The number of benzene rings is 1. The number of carbonyl (C=O) groups excluding carboxylic acids is 1. The number of hydrogen-bond donors (Lipinski definition) is 1. The molecule has 2 rings (SSSR count). The molecule has 1 aromatic carbocycles. The van der Waals surface area contributed by atoms with Gasteiger partial charge in [-0.25, -0.2) is 4.79 Å². The lowest BCUT2D eigenvalue weighted by molar-refractivity contribution is 0.00437. The van der Waals surface area contributed by atoms with Crippen molar-refractivity contribution in [3.8, 4) is 0 Å². The van der Waals surface area contributed by atoms with Gasteiger partial charge in [0.05, 0.1) is 6.54 Å². The third-order valence-electron chi connectivity index (χ3n) is 4.69. The number of nitrogens with zero attached hydrogens (tertiary/aromatic N) is 2. The first-order valence-corrected chi connectivity index (χ1v) is 9.24. The summed E-state index contributed by atoms with van der Waals surface area (Å²) in [4.78, 5) is 17.2. The van der Waals surface area contributed by atoms with Gasteiger partial charge in [0.1, 0.15) is 5.60 Å². The molecule has 1 fully saturated rings. The molecule has 0 saturated carbocycles. The zero-order valence-corrected chi connectivity index (χ0v) is 16.3. The van der Waals surface area contributed by atoms with Gasteiger partial charge in [0.2, 0.25) is 0 Å². The molecule has 1 aliphatic heterocycles. The van der Waals surface area contributed by atoms with Gasteiger partial charge in [0.25, 0.3) is 0 Å². The van der Waals surface area contributed by atoms with Crippen molar-refractivity contribution in [2.75, 3.05) is 18.8 Å². The highest BCUT2D eigenvalue weighted by Crippen LogP contribution is 2.24. The van der Waals surface area contributed by atoms with Crippen molar-refractivity contribution in [1.29, 1.82) is 0 Å². The Balaban J connectivity index is 2.15. The van der Waals surface area contributed by atoms with Gasteiger partial charge in [-0.1, -0.05) is 18.2 Å². The van der Waals surface area contributed by atoms with Crippen molar-refractivity contribution in [1.82, 2.24) is 9.80 Å². The Labute approximate surface area is 152 Å². The molecule has 0 aromatic heterocycles. The van der Waals surface area contributed by atoms with Crippen LogP contribution >= 0.6 is 0 Å². The molecule has 0 unspecified atom stereocenters. The van der Waals surface area contributed by atoms with Crippen LogP contribution < -0.4 is 5.73 Å². The number of amides is 1. The van der Waals surface area contributed by atoms with E-state index >= 15 is 0 Å². The SMILES string of the molecule is CC(C)N1CCC(N(Cc2ccccc2N)C(=O)OC(C)(C)C)CC1. The summed E-state index contributed by atoms with van der Waals surface area (Å²) in [5.74, 6) is 0. The van der Waals surface area contributed by atoms with E-state index in [2.05, 4.69) is 18.7 Å². The van der Waals surface area contributed by atoms with Crippen LogP contribution in [0, 0.1) is 0 Å². The molecule has 0 atom stereocenters. The maximum Gasteiger partial charge on any atom is 0.410 e. The molecular weight excluding hydrogens is 314 g/mol. The van der Waals surface area contributed by atoms with E-state index in [1.807, 2.05) is 49.9 Å². The summed E-state index contributed by atoms with van der Waals surface area (Å²) in [6.45, 7) is 12.7. The van der Waals surface area contributed by atoms with Crippen LogP contribution in [0.4, 0.5) is 10.5 Å². The monoisotopic (exact) mass is 347 g/mol. The van der Waals surface area contributed by atoms with Crippen LogP contribution in [0.2, 0.25) is 0 Å². The molecule has 140 valence electrons. The number of nitrogen functional groups attached to an aromatic ring is 1. The summed E-state index contributed by atoms with van der Waals surface area (Å²) >= 11 is 0. The Kier molecular flexibility index (Phi) is 6.33. The Hall–Kier alpha value is -1.75. The van der Waals surface area contributed by atoms with Crippen LogP contribution in [0.1, 0.15) is 53.0 Å². The average molecular weight is 348 g/mol. The van der Waals surface area contributed by atoms with Crippen LogP contribution in [-0.2, 0) is 11.3 Å². The van der Waals surface area contributed by atoms with Gasteiger partial charge in [-0.2, -0.15) is 0 Å². The van der Waals surface area contributed by atoms with E-state index in [1.54, 1.807) is 0 Å². The predicted octanol–water partition coefficient (Wildman–Crippen LogP) is 3.88. The number of anilines is 1. The molecular formula is C20H33N3O2. The van der Waals surface area contributed by atoms with Crippen molar-refractivity contribution < 1.29 is 9.53 Å². The molecule has 0 aliphatic carbocycles. The van der Waals surface area contributed by atoms with Crippen molar-refractivity contribution in [3.63, 3.8) is 0 Å². The average Bonchev–Trinajstić information content (AvgIpc) is 2.52. The fourth-order valence-electron chi connectivity index (χ4n) is 3.24. The summed E-state index contributed by atoms with van der Waals surface area (Å²) in [5.41, 5.74) is 7.29. The standard InChI is InChI=1S/C20H33N3O2/c1-15(2)22-12-10-17(11-13-22)23(19(24)25-20(3,4)5)14-16-8-6-7-9-18(16)21/h6-9,15,17H,10-14,21H2,1-5H3. The second-order valence-electron chi connectivity index (χ2n) is 8.17. The first kappa shape index (κ1) is 19.6. The third kappa shape index (κ3) is 5.63. The van der Waals surface area contributed by atoms with Gasteiger partial charge in [-0.15, -0.1) is 0 Å². The summed E-state index contributed by atoms with van der Waals surface area (Å²) in [6, 6.07) is 8.46. The van der Waals surface area contributed by atoms with E-state index in [1.165, 1.54) is 0 Å². The number of carbonyl (C=O) groups is 1. The summed E-state index contributed by atoms with van der Waals surface area (Å²) < 4.78 is 5.67. The van der Waals surface area contributed by atoms with Gasteiger partial charge in [0.15, 0.2) is 0 Å². The Morgan fingerprint density at radius 3 is 2.40 bits per heavy atom. The van der Waals surface area contributed by atoms with Crippen molar-refractivity contribution in [3.05, 3.63) is 29.8 Å². The maximum absolute atomic E-state index is 12.8. The minimum Gasteiger partial charge on any atom is -0.444 e. The molecule has 0 spiro atoms. The lowest BCUT2D eigenvalue weighted by atomic mass is 10.0. The summed E-state index contributed by atoms with van der Waals surface area (Å²) in [6.07, 6.45) is 1.67. The molecule has 25 heavy (non-hydrogen) atoms.